The molecule has 0 spiro atoms. The van der Waals surface area contributed by atoms with Gasteiger partial charge in [0.05, 0.1) is 21.3 Å². The third kappa shape index (κ3) is 3.42. The fourth-order valence-corrected chi connectivity index (χ4v) is 2.15. The summed E-state index contributed by atoms with van der Waals surface area (Å²) >= 11 is 0. The van der Waals surface area contributed by atoms with Gasteiger partial charge in [0.25, 0.3) is 0 Å². The maximum atomic E-state index is 5.49. The van der Waals surface area contributed by atoms with Gasteiger partial charge in [0.1, 0.15) is 17.2 Å². The quantitative estimate of drug-likeness (QED) is 0.786. The number of ether oxygens (including phenoxy) is 3. The van der Waals surface area contributed by atoms with E-state index >= 15 is 0 Å². The van der Waals surface area contributed by atoms with Gasteiger partial charge in [0.15, 0.2) is 0 Å². The van der Waals surface area contributed by atoms with Gasteiger partial charge in [-0.25, -0.2) is 0 Å². The van der Waals surface area contributed by atoms with E-state index in [-0.39, 0.29) is 0 Å². The summed E-state index contributed by atoms with van der Waals surface area (Å²) in [6, 6.07) is 13.4. The van der Waals surface area contributed by atoms with Crippen molar-refractivity contribution in [3.63, 3.8) is 0 Å². The number of rotatable bonds is 5. The van der Waals surface area contributed by atoms with E-state index in [1.54, 1.807) is 27.4 Å². The summed E-state index contributed by atoms with van der Waals surface area (Å²) in [5.74, 6) is 4.82. The minimum absolute atomic E-state index is 0.714. The monoisotopic (exact) mass is 294 g/mol. The molecule has 0 atom stereocenters. The molecule has 0 aliphatic rings. The molecule has 0 aromatic heterocycles. The van der Waals surface area contributed by atoms with E-state index in [4.69, 9.17) is 20.6 Å². The highest BCUT2D eigenvalue weighted by molar-refractivity contribution is 5.82. The molecule has 0 saturated carbocycles. The van der Waals surface area contributed by atoms with Gasteiger partial charge in [-0.1, -0.05) is 18.1 Å². The summed E-state index contributed by atoms with van der Waals surface area (Å²) in [6.45, 7) is 0. The lowest BCUT2D eigenvalue weighted by Crippen LogP contribution is -1.93. The molecule has 3 nitrogen and oxygen atoms in total. The Kier molecular flexibility index (Phi) is 5.11. The lowest BCUT2D eigenvalue weighted by Gasteiger charge is -2.12. The Hall–Kier alpha value is -2.86. The van der Waals surface area contributed by atoms with Gasteiger partial charge >= 0.3 is 0 Å². The molecule has 3 heteroatoms. The highest BCUT2D eigenvalue weighted by atomic mass is 16.5. The number of hydrogen-bond acceptors (Lipinski definition) is 3. The fourth-order valence-electron chi connectivity index (χ4n) is 2.15. The molecule has 2 aromatic carbocycles. The van der Waals surface area contributed by atoms with Crippen LogP contribution in [0, 0.1) is 12.3 Å². The van der Waals surface area contributed by atoms with Crippen molar-refractivity contribution in [2.75, 3.05) is 21.3 Å². The molecule has 0 heterocycles. The van der Waals surface area contributed by atoms with Crippen LogP contribution in [0.3, 0.4) is 0 Å². The minimum atomic E-state index is 0.714. The van der Waals surface area contributed by atoms with Gasteiger partial charge in [0, 0.05) is 6.07 Å². The van der Waals surface area contributed by atoms with E-state index in [1.165, 1.54) is 0 Å². The highest BCUT2D eigenvalue weighted by Crippen LogP contribution is 2.31. The van der Waals surface area contributed by atoms with E-state index in [1.807, 2.05) is 42.5 Å². The average molecular weight is 294 g/mol. The van der Waals surface area contributed by atoms with Crippen LogP contribution in [0.15, 0.2) is 48.5 Å². The van der Waals surface area contributed by atoms with E-state index in [0.717, 1.165) is 22.4 Å². The van der Waals surface area contributed by atoms with Crippen molar-refractivity contribution in [2.45, 2.75) is 0 Å². The molecule has 0 saturated heterocycles. The summed E-state index contributed by atoms with van der Waals surface area (Å²) in [4.78, 5) is 0. The second-order valence-corrected chi connectivity index (χ2v) is 4.55. The summed E-state index contributed by atoms with van der Waals surface area (Å²) in [5.41, 5.74) is 2.84. The molecular formula is C19H18O3. The molecule has 0 N–H and O–H groups in total. The van der Waals surface area contributed by atoms with Crippen LogP contribution in [-0.2, 0) is 0 Å². The standard InChI is InChI=1S/C19H18O3/c1-5-6-19(14-7-9-16(20-2)10-8-14)15-11-17(21-3)13-18(12-15)22-4/h1,6-13H,2-4H3. The lowest BCUT2D eigenvalue weighted by molar-refractivity contribution is 0.394. The van der Waals surface area contributed by atoms with Crippen LogP contribution >= 0.6 is 0 Å². The first-order valence-electron chi connectivity index (χ1n) is 6.76. The molecule has 0 aliphatic carbocycles. The number of hydrogen-bond donors (Lipinski definition) is 0. The van der Waals surface area contributed by atoms with E-state index in [9.17, 15) is 0 Å². The third-order valence-electron chi connectivity index (χ3n) is 3.29. The molecule has 0 aliphatic heterocycles. The molecule has 0 amide bonds. The van der Waals surface area contributed by atoms with Gasteiger partial charge in [-0.3, -0.25) is 0 Å². The van der Waals surface area contributed by atoms with Crippen LogP contribution in [0.5, 0.6) is 17.2 Å². The van der Waals surface area contributed by atoms with E-state index in [2.05, 4.69) is 5.92 Å². The van der Waals surface area contributed by atoms with Crippen LogP contribution in [0.1, 0.15) is 11.1 Å². The Morgan fingerprint density at radius 1 is 0.818 bits per heavy atom. The Labute approximate surface area is 131 Å². The van der Waals surface area contributed by atoms with Gasteiger partial charge in [-0.15, -0.1) is 6.42 Å². The first-order valence-corrected chi connectivity index (χ1v) is 6.76. The molecule has 2 rings (SSSR count). The Morgan fingerprint density at radius 3 is 1.82 bits per heavy atom. The summed E-state index contributed by atoms with van der Waals surface area (Å²) in [5, 5.41) is 0. The first kappa shape index (κ1) is 15.5. The van der Waals surface area contributed by atoms with Crippen LogP contribution in [0.4, 0.5) is 0 Å². The zero-order chi connectivity index (χ0) is 15.9. The van der Waals surface area contributed by atoms with Crippen molar-refractivity contribution in [1.29, 1.82) is 0 Å². The number of allylic oxidation sites excluding steroid dienone is 1. The van der Waals surface area contributed by atoms with Crippen molar-refractivity contribution in [2.24, 2.45) is 0 Å². The third-order valence-corrected chi connectivity index (χ3v) is 3.29. The van der Waals surface area contributed by atoms with Crippen molar-refractivity contribution in [3.8, 4) is 29.6 Å². The predicted octanol–water partition coefficient (Wildman–Crippen LogP) is 3.78. The molecule has 0 radical (unpaired) electrons. The molecule has 0 unspecified atom stereocenters. The summed E-state index contributed by atoms with van der Waals surface area (Å²) < 4.78 is 15.8. The predicted molar refractivity (Wildman–Crippen MR) is 88.5 cm³/mol. The second-order valence-electron chi connectivity index (χ2n) is 4.55. The fraction of sp³-hybridized carbons (Fsp3) is 0.158. The van der Waals surface area contributed by atoms with Gasteiger partial charge in [-0.2, -0.15) is 0 Å². The van der Waals surface area contributed by atoms with E-state index in [0.29, 0.717) is 11.5 Å². The van der Waals surface area contributed by atoms with Crippen molar-refractivity contribution in [1.82, 2.24) is 0 Å². The van der Waals surface area contributed by atoms with Gasteiger partial charge in [0.2, 0.25) is 0 Å². The van der Waals surface area contributed by atoms with Crippen LogP contribution in [-0.4, -0.2) is 21.3 Å². The van der Waals surface area contributed by atoms with Crippen molar-refractivity contribution >= 4 is 5.57 Å². The first-order chi connectivity index (χ1) is 10.7. The SMILES string of the molecule is C#CC=C(c1ccc(OC)cc1)c1cc(OC)cc(OC)c1. The molecular weight excluding hydrogens is 276 g/mol. The average Bonchev–Trinajstić information content (AvgIpc) is 2.59. The zero-order valence-corrected chi connectivity index (χ0v) is 12.9. The van der Waals surface area contributed by atoms with Crippen molar-refractivity contribution in [3.05, 3.63) is 59.7 Å². The largest absolute Gasteiger partial charge is 0.497 e. The normalized spacial score (nSPS) is 10.7. The summed E-state index contributed by atoms with van der Waals surface area (Å²) in [7, 11) is 4.88. The van der Waals surface area contributed by atoms with Crippen LogP contribution in [0.25, 0.3) is 5.57 Å². The number of benzene rings is 2. The maximum absolute atomic E-state index is 5.49. The minimum Gasteiger partial charge on any atom is -0.497 e. The molecule has 112 valence electrons. The van der Waals surface area contributed by atoms with Crippen LogP contribution in [0.2, 0.25) is 0 Å². The second kappa shape index (κ2) is 7.24. The highest BCUT2D eigenvalue weighted by Gasteiger charge is 2.09. The van der Waals surface area contributed by atoms with E-state index < -0.39 is 0 Å². The molecule has 0 fully saturated rings. The lowest BCUT2D eigenvalue weighted by atomic mass is 9.97. The Morgan fingerprint density at radius 2 is 1.36 bits per heavy atom. The Balaban J connectivity index is 2.52. The summed E-state index contributed by atoms with van der Waals surface area (Å²) in [6.07, 6.45) is 7.22. The molecule has 0 bridgehead atoms. The van der Waals surface area contributed by atoms with Crippen LogP contribution < -0.4 is 14.2 Å². The zero-order valence-electron chi connectivity index (χ0n) is 12.9. The maximum Gasteiger partial charge on any atom is 0.123 e. The van der Waals surface area contributed by atoms with Gasteiger partial charge in [-0.05, 0) is 47.0 Å². The van der Waals surface area contributed by atoms with Gasteiger partial charge < -0.3 is 14.2 Å². The number of methoxy groups -OCH3 is 3. The molecule has 2 aromatic rings. The number of terminal acetylenes is 1. The van der Waals surface area contributed by atoms with Crippen molar-refractivity contribution < 1.29 is 14.2 Å². The topological polar surface area (TPSA) is 27.7 Å². The smallest absolute Gasteiger partial charge is 0.123 e. The molecule has 22 heavy (non-hydrogen) atoms. The Bertz CT molecular complexity index is 684.